The minimum atomic E-state index is -3.58. The number of sulfone groups is 1. The first-order valence-electron chi connectivity index (χ1n) is 10.9. The van der Waals surface area contributed by atoms with Crippen LogP contribution in [-0.4, -0.2) is 59.9 Å². The van der Waals surface area contributed by atoms with E-state index >= 15 is 0 Å². The van der Waals surface area contributed by atoms with Gasteiger partial charge in [-0.05, 0) is 54.6 Å². The predicted octanol–water partition coefficient (Wildman–Crippen LogP) is 4.19. The van der Waals surface area contributed by atoms with Gasteiger partial charge in [0.2, 0.25) is 19.4 Å². The Morgan fingerprint density at radius 2 is 1.92 bits per heavy atom. The van der Waals surface area contributed by atoms with E-state index in [1.165, 1.54) is 30.6 Å². The smallest absolute Gasteiger partial charge is 0.283 e. The summed E-state index contributed by atoms with van der Waals surface area (Å²) in [4.78, 5) is 17.7. The molecule has 0 aromatic heterocycles. The van der Waals surface area contributed by atoms with Crippen LogP contribution in [0, 0.1) is 12.3 Å². The van der Waals surface area contributed by atoms with Crippen molar-refractivity contribution in [3.05, 3.63) is 59.2 Å². The molecule has 2 aromatic rings. The molecule has 9 nitrogen and oxygen atoms in total. The van der Waals surface area contributed by atoms with E-state index in [1.54, 1.807) is 30.0 Å². The lowest BCUT2D eigenvalue weighted by atomic mass is 10.1. The van der Waals surface area contributed by atoms with Gasteiger partial charge in [0.25, 0.3) is 5.91 Å². The van der Waals surface area contributed by atoms with Crippen molar-refractivity contribution < 1.29 is 22.7 Å². The summed E-state index contributed by atoms with van der Waals surface area (Å²) in [5, 5.41) is 13.6. The Hall–Kier alpha value is -3.09. The van der Waals surface area contributed by atoms with Gasteiger partial charge in [-0.3, -0.25) is 10.2 Å². The summed E-state index contributed by atoms with van der Waals surface area (Å²) in [7, 11) is -2.06. The molecule has 4 rings (SSSR count). The Labute approximate surface area is 218 Å². The van der Waals surface area contributed by atoms with Gasteiger partial charge < -0.3 is 9.47 Å². The van der Waals surface area contributed by atoms with Crippen LogP contribution in [0.2, 0.25) is 0 Å². The van der Waals surface area contributed by atoms with Crippen molar-refractivity contribution >= 4 is 60.7 Å². The molecule has 0 radical (unpaired) electrons. The first-order chi connectivity index (χ1) is 17.2. The third-order valence-corrected chi connectivity index (χ3v) is 9.28. The average molecular weight is 545 g/mol. The van der Waals surface area contributed by atoms with Crippen molar-refractivity contribution in [1.82, 2.24) is 5.01 Å². The van der Waals surface area contributed by atoms with Crippen LogP contribution in [0.1, 0.15) is 18.1 Å². The second-order valence-corrected chi connectivity index (χ2v) is 12.3. The first-order valence-corrected chi connectivity index (χ1v) is 14.4. The van der Waals surface area contributed by atoms with Crippen LogP contribution in [-0.2, 0) is 14.6 Å². The maximum absolute atomic E-state index is 12.6. The minimum absolute atomic E-state index is 0.0107. The number of ether oxygens (including phenoxy) is 2. The zero-order valence-corrected chi connectivity index (χ0v) is 22.3. The van der Waals surface area contributed by atoms with E-state index in [2.05, 4.69) is 41.3 Å². The minimum Gasteiger partial charge on any atom is -0.493 e. The molecule has 0 atom stereocenters. The molecule has 2 heterocycles. The fraction of sp³-hybridized carbons (Fsp3) is 0.250. The number of hydrazone groups is 1. The van der Waals surface area contributed by atoms with Gasteiger partial charge in [0.15, 0.2) is 17.3 Å². The SMILES string of the molecule is CCS(=O)(=O)C1=NN2C(=N)/C(=C\c3ccc(OCCSc4ccc(C)cc4)c(OC)c3)C(=O)N=C2S1. The lowest BCUT2D eigenvalue weighted by molar-refractivity contribution is -0.114. The highest BCUT2D eigenvalue weighted by atomic mass is 32.3. The number of carbonyl (C=O) groups is 1. The number of nitrogens with zero attached hydrogens (tertiary/aromatic N) is 3. The number of hydrogen-bond acceptors (Lipinski definition) is 9. The zero-order valence-electron chi connectivity index (χ0n) is 19.8. The molecule has 0 aliphatic carbocycles. The average Bonchev–Trinajstić information content (AvgIpc) is 3.31. The number of methoxy groups -OCH3 is 1. The van der Waals surface area contributed by atoms with Crippen LogP contribution < -0.4 is 9.47 Å². The Morgan fingerprint density at radius 3 is 2.61 bits per heavy atom. The maximum atomic E-state index is 12.6. The van der Waals surface area contributed by atoms with Crippen molar-refractivity contribution in [2.24, 2.45) is 10.1 Å². The third-order valence-electron chi connectivity index (χ3n) is 5.21. The lowest BCUT2D eigenvalue weighted by Gasteiger charge is -2.20. The molecule has 0 bridgehead atoms. The predicted molar refractivity (Wildman–Crippen MR) is 145 cm³/mol. The van der Waals surface area contributed by atoms with Crippen molar-refractivity contribution in [2.75, 3.05) is 25.2 Å². The number of rotatable bonds is 8. The van der Waals surface area contributed by atoms with Crippen LogP contribution in [0.25, 0.3) is 6.08 Å². The molecule has 1 N–H and O–H groups in total. The van der Waals surface area contributed by atoms with Crippen LogP contribution in [0.15, 0.2) is 63.0 Å². The number of nitrogens with one attached hydrogen (secondary N) is 1. The molecule has 12 heteroatoms. The zero-order chi connectivity index (χ0) is 25.9. The van der Waals surface area contributed by atoms with Gasteiger partial charge in [-0.25, -0.2) is 8.42 Å². The number of amidine groups is 2. The Balaban J connectivity index is 1.46. The maximum Gasteiger partial charge on any atom is 0.283 e. The van der Waals surface area contributed by atoms with Crippen LogP contribution in [0.4, 0.5) is 0 Å². The molecule has 0 saturated carbocycles. The summed E-state index contributed by atoms with van der Waals surface area (Å²) in [6, 6.07) is 13.5. The summed E-state index contributed by atoms with van der Waals surface area (Å²) >= 11 is 2.47. The number of amides is 1. The molecule has 1 amide bonds. The van der Waals surface area contributed by atoms with Gasteiger partial charge in [0.1, 0.15) is 0 Å². The topological polar surface area (TPSA) is 121 Å². The molecule has 0 unspecified atom stereocenters. The van der Waals surface area contributed by atoms with Crippen LogP contribution in [0.3, 0.4) is 0 Å². The van der Waals surface area contributed by atoms with E-state index in [9.17, 15) is 13.2 Å². The fourth-order valence-corrected chi connectivity index (χ4v) is 6.12. The molecule has 2 aliphatic heterocycles. The summed E-state index contributed by atoms with van der Waals surface area (Å²) < 4.78 is 35.5. The fourth-order valence-electron chi connectivity index (χ4n) is 3.23. The van der Waals surface area contributed by atoms with Crippen LogP contribution >= 0.6 is 23.5 Å². The summed E-state index contributed by atoms with van der Waals surface area (Å²) in [5.74, 6) is 0.777. The van der Waals surface area contributed by atoms with Gasteiger partial charge in [-0.2, -0.15) is 10.0 Å². The van der Waals surface area contributed by atoms with E-state index in [-0.39, 0.29) is 26.7 Å². The normalized spacial score (nSPS) is 16.6. The van der Waals surface area contributed by atoms with Gasteiger partial charge in [-0.15, -0.1) is 16.9 Å². The summed E-state index contributed by atoms with van der Waals surface area (Å²) in [5.41, 5.74) is 1.80. The molecule has 188 valence electrons. The molecule has 0 spiro atoms. The highest BCUT2D eigenvalue weighted by Gasteiger charge is 2.39. The van der Waals surface area contributed by atoms with E-state index < -0.39 is 15.7 Å². The second-order valence-electron chi connectivity index (χ2n) is 7.71. The third kappa shape index (κ3) is 5.66. The van der Waals surface area contributed by atoms with E-state index in [4.69, 9.17) is 14.9 Å². The molecule has 36 heavy (non-hydrogen) atoms. The molecule has 0 fully saturated rings. The Bertz CT molecular complexity index is 1400. The number of hydrogen-bond donors (Lipinski definition) is 1. The molecular formula is C24H24N4O5S3. The van der Waals surface area contributed by atoms with Gasteiger partial charge in [-0.1, -0.05) is 30.7 Å². The number of carbonyl (C=O) groups excluding carboxylic acids is 1. The largest absolute Gasteiger partial charge is 0.493 e. The second kappa shape index (κ2) is 10.9. The van der Waals surface area contributed by atoms with E-state index in [0.717, 1.165) is 22.5 Å². The summed E-state index contributed by atoms with van der Waals surface area (Å²) in [6.07, 6.45) is 1.50. The standard InChI is InChI=1S/C24H24N4O5S3/c1-4-36(30,31)24-27-28-21(25)18(22(29)26-23(28)35-24)13-16-7-10-19(20(14-16)32-3)33-11-12-34-17-8-5-15(2)6-9-17/h5-10,13-14,25H,4,11-12H2,1-3H3/b18-13+,25-21?. The number of aliphatic imine (C=N–C) groups is 1. The van der Waals surface area contributed by atoms with Crippen molar-refractivity contribution in [3.63, 3.8) is 0 Å². The van der Waals surface area contributed by atoms with Crippen LogP contribution in [0.5, 0.6) is 11.5 Å². The number of fused-ring (bicyclic) bond motifs is 1. The number of aryl methyl sites for hydroxylation is 1. The van der Waals surface area contributed by atoms with Crippen molar-refractivity contribution in [3.8, 4) is 11.5 Å². The highest BCUT2D eigenvalue weighted by Crippen LogP contribution is 2.32. The van der Waals surface area contributed by atoms with Crippen molar-refractivity contribution in [1.29, 1.82) is 5.41 Å². The first kappa shape index (κ1) is 26.0. The van der Waals surface area contributed by atoms with Gasteiger partial charge in [0, 0.05) is 10.6 Å². The quantitative estimate of drug-likeness (QED) is 0.298. The van der Waals surface area contributed by atoms with E-state index in [1.807, 2.05) is 0 Å². The molecule has 0 saturated heterocycles. The molecule has 2 aliphatic rings. The van der Waals surface area contributed by atoms with Gasteiger partial charge >= 0.3 is 0 Å². The molecule has 2 aromatic carbocycles. The Kier molecular flexibility index (Phi) is 7.86. The number of benzene rings is 2. The van der Waals surface area contributed by atoms with E-state index in [0.29, 0.717) is 23.7 Å². The summed E-state index contributed by atoms with van der Waals surface area (Å²) in [6.45, 7) is 4.03. The van der Waals surface area contributed by atoms with Gasteiger partial charge in [0.05, 0.1) is 25.0 Å². The van der Waals surface area contributed by atoms with Crippen molar-refractivity contribution in [2.45, 2.75) is 18.7 Å². The Morgan fingerprint density at radius 1 is 1.17 bits per heavy atom. The number of thioether (sulfide) groups is 2. The monoisotopic (exact) mass is 544 g/mol. The highest BCUT2D eigenvalue weighted by molar-refractivity contribution is 8.42. The lowest BCUT2D eigenvalue weighted by Crippen LogP contribution is -2.35. The molecular weight excluding hydrogens is 520 g/mol.